The fraction of sp³-hybridized carbons (Fsp3) is 0.400. The molecule has 2 N–H and O–H groups in total. The number of ether oxygens (including phenoxy) is 2. The number of rotatable bonds is 8. The lowest BCUT2D eigenvalue weighted by Gasteiger charge is -2.39. The van der Waals surface area contributed by atoms with Gasteiger partial charge in [0, 0.05) is 29.9 Å². The maximum absolute atomic E-state index is 13.0. The van der Waals surface area contributed by atoms with E-state index in [-0.39, 0.29) is 16.1 Å². The Morgan fingerprint density at radius 1 is 1.15 bits per heavy atom. The van der Waals surface area contributed by atoms with Crippen molar-refractivity contribution in [1.29, 1.82) is 0 Å². The number of aromatic nitrogens is 1. The molecule has 2 aromatic carbocycles. The van der Waals surface area contributed by atoms with Gasteiger partial charge < -0.3 is 14.7 Å². The van der Waals surface area contributed by atoms with Gasteiger partial charge in [0.1, 0.15) is 12.4 Å². The number of aryl methyl sites for hydroxylation is 1. The topological polar surface area (TPSA) is 97.8 Å². The van der Waals surface area contributed by atoms with Crippen molar-refractivity contribution in [2.24, 2.45) is 5.41 Å². The molecule has 176 valence electrons. The van der Waals surface area contributed by atoms with Gasteiger partial charge in [-0.1, -0.05) is 25.1 Å². The van der Waals surface area contributed by atoms with Crippen LogP contribution in [0.25, 0.3) is 10.9 Å². The molecule has 3 aromatic rings. The quantitative estimate of drug-likeness (QED) is 0.479. The Kier molecular flexibility index (Phi) is 6.99. The van der Waals surface area contributed by atoms with E-state index in [0.717, 1.165) is 22.2 Å². The Labute approximate surface area is 194 Å². The van der Waals surface area contributed by atoms with Gasteiger partial charge in [0.05, 0.1) is 22.2 Å². The number of nitrogens with zero attached hydrogens (tertiary/aromatic N) is 1. The fourth-order valence-electron chi connectivity index (χ4n) is 4.31. The second-order valence-electron chi connectivity index (χ2n) is 8.93. The molecular formula is C25H30N2O5S. The minimum absolute atomic E-state index is 0.192. The first-order valence-electron chi connectivity index (χ1n) is 11.1. The Bertz CT molecular complexity index is 1210. The van der Waals surface area contributed by atoms with E-state index in [1.54, 1.807) is 24.3 Å². The fourth-order valence-corrected chi connectivity index (χ4v) is 5.97. The van der Waals surface area contributed by atoms with E-state index in [4.69, 9.17) is 9.47 Å². The predicted octanol–water partition coefficient (Wildman–Crippen LogP) is 4.06. The van der Waals surface area contributed by atoms with Crippen LogP contribution in [0, 0.1) is 12.3 Å². The molecule has 0 radical (unpaired) electrons. The molecule has 33 heavy (non-hydrogen) atoms. The van der Waals surface area contributed by atoms with Crippen LogP contribution in [0.1, 0.15) is 31.0 Å². The average molecular weight is 471 g/mol. The van der Waals surface area contributed by atoms with Crippen LogP contribution in [0.4, 0.5) is 0 Å². The third-order valence-corrected chi connectivity index (χ3v) is 8.29. The summed E-state index contributed by atoms with van der Waals surface area (Å²) in [5.41, 5.74) is 4.75. The standard InChI is InChI=1S/C25H30N2O5S/c1-18-15-19(22-5-3-4-6-23(22)26-18)16-32-20-7-9-21(10-8-20)33(29,30)17-24(27-28)25(2)11-13-31-14-12-25/h3-10,15,24,27-28H,11-14,16-17H2,1-2H3. The van der Waals surface area contributed by atoms with E-state index in [2.05, 4.69) is 10.5 Å². The Hall–Kier alpha value is -2.52. The first-order chi connectivity index (χ1) is 15.8. The largest absolute Gasteiger partial charge is 0.489 e. The zero-order valence-electron chi connectivity index (χ0n) is 19.0. The van der Waals surface area contributed by atoms with Crippen LogP contribution in [-0.4, -0.2) is 43.6 Å². The SMILES string of the molecule is Cc1cc(COc2ccc(S(=O)(=O)CC(NO)C3(C)CCOCC3)cc2)c2ccccc2n1. The number of nitrogens with one attached hydrogen (secondary N) is 1. The van der Waals surface area contributed by atoms with Crippen LogP contribution in [0.5, 0.6) is 5.75 Å². The number of hydrogen-bond donors (Lipinski definition) is 2. The first-order valence-corrected chi connectivity index (χ1v) is 12.7. The van der Waals surface area contributed by atoms with E-state index in [1.165, 1.54) is 0 Å². The second kappa shape index (κ2) is 9.77. The van der Waals surface area contributed by atoms with Crippen molar-refractivity contribution in [3.63, 3.8) is 0 Å². The summed E-state index contributed by atoms with van der Waals surface area (Å²) >= 11 is 0. The van der Waals surface area contributed by atoms with Gasteiger partial charge >= 0.3 is 0 Å². The number of sulfone groups is 1. The first kappa shape index (κ1) is 23.6. The Morgan fingerprint density at radius 2 is 1.85 bits per heavy atom. The van der Waals surface area contributed by atoms with Crippen LogP contribution in [0.3, 0.4) is 0 Å². The van der Waals surface area contributed by atoms with Gasteiger partial charge in [-0.05, 0) is 61.6 Å². The third-order valence-electron chi connectivity index (χ3n) is 6.53. The van der Waals surface area contributed by atoms with Gasteiger partial charge in [-0.3, -0.25) is 4.98 Å². The molecule has 1 saturated heterocycles. The van der Waals surface area contributed by atoms with Gasteiger partial charge in [0.25, 0.3) is 0 Å². The highest BCUT2D eigenvalue weighted by atomic mass is 32.2. The van der Waals surface area contributed by atoms with Crippen LogP contribution in [0.2, 0.25) is 0 Å². The molecule has 4 rings (SSSR count). The molecule has 2 heterocycles. The van der Waals surface area contributed by atoms with Crippen molar-refractivity contribution >= 4 is 20.7 Å². The number of hydrogen-bond acceptors (Lipinski definition) is 7. The van der Waals surface area contributed by atoms with Crippen LogP contribution >= 0.6 is 0 Å². The minimum atomic E-state index is -3.60. The van der Waals surface area contributed by atoms with E-state index in [1.807, 2.05) is 44.2 Å². The molecule has 1 aliphatic heterocycles. The molecule has 1 unspecified atom stereocenters. The highest BCUT2D eigenvalue weighted by Gasteiger charge is 2.38. The molecule has 0 aliphatic carbocycles. The molecule has 7 nitrogen and oxygen atoms in total. The number of pyridine rings is 1. The summed E-state index contributed by atoms with van der Waals surface area (Å²) in [6.45, 7) is 5.41. The number of para-hydroxylation sites is 1. The van der Waals surface area contributed by atoms with E-state index < -0.39 is 15.9 Å². The lowest BCUT2D eigenvalue weighted by atomic mass is 9.76. The highest BCUT2D eigenvalue weighted by Crippen LogP contribution is 2.35. The van der Waals surface area contributed by atoms with Crippen LogP contribution in [-0.2, 0) is 21.2 Å². The van der Waals surface area contributed by atoms with Gasteiger partial charge in [0.15, 0.2) is 9.84 Å². The monoisotopic (exact) mass is 470 g/mol. The Balaban J connectivity index is 1.45. The van der Waals surface area contributed by atoms with Gasteiger partial charge in [-0.25, -0.2) is 13.9 Å². The molecule has 1 aliphatic rings. The molecule has 0 saturated carbocycles. The maximum atomic E-state index is 13.0. The summed E-state index contributed by atoms with van der Waals surface area (Å²) in [6, 6.07) is 15.8. The summed E-state index contributed by atoms with van der Waals surface area (Å²) in [7, 11) is -3.60. The van der Waals surface area contributed by atoms with Crippen molar-refractivity contribution in [3.8, 4) is 5.75 Å². The second-order valence-corrected chi connectivity index (χ2v) is 11.0. The number of benzene rings is 2. The lowest BCUT2D eigenvalue weighted by molar-refractivity contribution is -0.0216. The van der Waals surface area contributed by atoms with Gasteiger partial charge in [0.2, 0.25) is 0 Å². The predicted molar refractivity (Wildman–Crippen MR) is 126 cm³/mol. The molecule has 1 aromatic heterocycles. The molecule has 8 heteroatoms. The summed E-state index contributed by atoms with van der Waals surface area (Å²) in [6.07, 6.45) is 1.38. The zero-order chi connectivity index (χ0) is 23.5. The lowest BCUT2D eigenvalue weighted by Crippen LogP contribution is -2.49. The summed E-state index contributed by atoms with van der Waals surface area (Å²) < 4.78 is 37.4. The van der Waals surface area contributed by atoms with Crippen molar-refractivity contribution < 1.29 is 23.1 Å². The molecule has 0 bridgehead atoms. The maximum Gasteiger partial charge on any atom is 0.180 e. The summed E-state index contributed by atoms with van der Waals surface area (Å²) in [5, 5.41) is 10.7. The van der Waals surface area contributed by atoms with Crippen molar-refractivity contribution in [1.82, 2.24) is 10.5 Å². The van der Waals surface area contributed by atoms with E-state index >= 15 is 0 Å². The molecular weight excluding hydrogens is 440 g/mol. The molecule has 0 amide bonds. The molecule has 1 fully saturated rings. The smallest absolute Gasteiger partial charge is 0.180 e. The van der Waals surface area contributed by atoms with E-state index in [9.17, 15) is 13.6 Å². The number of hydroxylamine groups is 1. The van der Waals surface area contributed by atoms with Gasteiger partial charge in [-0.15, -0.1) is 0 Å². The van der Waals surface area contributed by atoms with E-state index in [0.29, 0.717) is 38.4 Å². The van der Waals surface area contributed by atoms with Crippen LogP contribution in [0.15, 0.2) is 59.5 Å². The minimum Gasteiger partial charge on any atom is -0.489 e. The van der Waals surface area contributed by atoms with Gasteiger partial charge in [-0.2, -0.15) is 0 Å². The molecule has 0 spiro atoms. The summed E-state index contributed by atoms with van der Waals surface area (Å²) in [4.78, 5) is 4.75. The normalized spacial score (nSPS) is 17.1. The third kappa shape index (κ3) is 5.35. The average Bonchev–Trinajstić information content (AvgIpc) is 2.81. The highest BCUT2D eigenvalue weighted by molar-refractivity contribution is 7.91. The summed E-state index contributed by atoms with van der Waals surface area (Å²) in [5.74, 6) is 0.392. The zero-order valence-corrected chi connectivity index (χ0v) is 19.8. The molecule has 1 atom stereocenters. The van der Waals surface area contributed by atoms with Crippen molar-refractivity contribution in [2.45, 2.75) is 44.2 Å². The number of fused-ring (bicyclic) bond motifs is 1. The van der Waals surface area contributed by atoms with Crippen molar-refractivity contribution in [3.05, 3.63) is 65.9 Å². The van der Waals surface area contributed by atoms with Crippen LogP contribution < -0.4 is 10.2 Å². The Morgan fingerprint density at radius 3 is 2.55 bits per heavy atom. The van der Waals surface area contributed by atoms with Crippen molar-refractivity contribution in [2.75, 3.05) is 19.0 Å².